The van der Waals surface area contributed by atoms with Crippen LogP contribution in [0.4, 0.5) is 16.2 Å². The van der Waals surface area contributed by atoms with Gasteiger partial charge in [0.2, 0.25) is 0 Å². The van der Waals surface area contributed by atoms with Crippen LogP contribution in [0.15, 0.2) is 41.3 Å². The maximum atomic E-state index is 12.3. The predicted molar refractivity (Wildman–Crippen MR) is 97.2 cm³/mol. The SMILES string of the molecule is CN(Sc1ccccc1[N+](=O)[O-])C(=O)Nc1c(Cl)cc(Cl)cc1Cl. The molecule has 10 heteroatoms. The Labute approximate surface area is 157 Å². The highest BCUT2D eigenvalue weighted by molar-refractivity contribution is 7.97. The summed E-state index contributed by atoms with van der Waals surface area (Å²) in [4.78, 5) is 23.1. The van der Waals surface area contributed by atoms with E-state index in [4.69, 9.17) is 34.8 Å². The van der Waals surface area contributed by atoms with Gasteiger partial charge in [-0.15, -0.1) is 0 Å². The molecule has 2 rings (SSSR count). The highest BCUT2D eigenvalue weighted by atomic mass is 35.5. The lowest BCUT2D eigenvalue weighted by atomic mass is 10.3. The van der Waals surface area contributed by atoms with Crippen LogP contribution in [0.2, 0.25) is 15.1 Å². The zero-order chi connectivity index (χ0) is 17.9. The van der Waals surface area contributed by atoms with Crippen LogP contribution in [0.5, 0.6) is 0 Å². The molecule has 0 spiro atoms. The van der Waals surface area contributed by atoms with E-state index in [1.807, 2.05) is 0 Å². The molecule has 0 fully saturated rings. The molecule has 0 saturated heterocycles. The Morgan fingerprint density at radius 3 is 2.38 bits per heavy atom. The third-order valence-corrected chi connectivity index (χ3v) is 4.62. The van der Waals surface area contributed by atoms with Crippen molar-refractivity contribution in [3.05, 3.63) is 61.6 Å². The van der Waals surface area contributed by atoms with E-state index >= 15 is 0 Å². The summed E-state index contributed by atoms with van der Waals surface area (Å²) in [6.07, 6.45) is 0. The minimum Gasteiger partial charge on any atom is -0.304 e. The molecule has 2 aromatic carbocycles. The third kappa shape index (κ3) is 4.45. The molecule has 0 radical (unpaired) electrons. The number of carbonyl (C=O) groups excluding carboxylic acids is 1. The molecule has 2 amide bonds. The molecule has 0 aliphatic rings. The number of hydrogen-bond acceptors (Lipinski definition) is 4. The van der Waals surface area contributed by atoms with E-state index in [0.717, 1.165) is 11.9 Å². The number of nitro groups is 1. The standard InChI is InChI=1S/C14H10Cl3N3O3S/c1-19(24-12-5-3-2-4-11(12)20(22)23)14(21)18-13-9(16)6-8(15)7-10(13)17/h2-7H,1H3,(H,18,21). The molecule has 24 heavy (non-hydrogen) atoms. The lowest BCUT2D eigenvalue weighted by molar-refractivity contribution is -0.387. The number of nitrogens with one attached hydrogen (secondary N) is 1. The lowest BCUT2D eigenvalue weighted by Crippen LogP contribution is -2.25. The third-order valence-electron chi connectivity index (χ3n) is 2.82. The molecule has 6 nitrogen and oxygen atoms in total. The Bertz CT molecular complexity index is 781. The van der Waals surface area contributed by atoms with Crippen LogP contribution in [0, 0.1) is 10.1 Å². The smallest absolute Gasteiger partial charge is 0.304 e. The van der Waals surface area contributed by atoms with Crippen LogP contribution in [-0.4, -0.2) is 22.3 Å². The van der Waals surface area contributed by atoms with Crippen molar-refractivity contribution in [2.24, 2.45) is 0 Å². The van der Waals surface area contributed by atoms with Crippen LogP contribution in [-0.2, 0) is 0 Å². The molecule has 0 heterocycles. The van der Waals surface area contributed by atoms with Gasteiger partial charge in [0.25, 0.3) is 5.69 Å². The largest absolute Gasteiger partial charge is 0.331 e. The number of halogens is 3. The number of carbonyl (C=O) groups is 1. The van der Waals surface area contributed by atoms with Crippen molar-refractivity contribution in [1.82, 2.24) is 4.31 Å². The quantitative estimate of drug-likeness (QED) is 0.400. The van der Waals surface area contributed by atoms with Gasteiger partial charge in [0, 0.05) is 18.1 Å². The highest BCUT2D eigenvalue weighted by Crippen LogP contribution is 2.35. The van der Waals surface area contributed by atoms with Gasteiger partial charge in [-0.05, 0) is 30.1 Å². The second kappa shape index (κ2) is 7.94. The van der Waals surface area contributed by atoms with Gasteiger partial charge in [0.15, 0.2) is 0 Å². The fourth-order valence-electron chi connectivity index (χ4n) is 1.72. The van der Waals surface area contributed by atoms with Crippen LogP contribution in [0.3, 0.4) is 0 Å². The van der Waals surface area contributed by atoms with E-state index in [-0.39, 0.29) is 21.4 Å². The zero-order valence-electron chi connectivity index (χ0n) is 12.1. The maximum Gasteiger partial charge on any atom is 0.331 e. The van der Waals surface area contributed by atoms with E-state index in [9.17, 15) is 14.9 Å². The number of amides is 2. The van der Waals surface area contributed by atoms with E-state index in [2.05, 4.69) is 5.32 Å². The van der Waals surface area contributed by atoms with Crippen molar-refractivity contribution in [2.75, 3.05) is 12.4 Å². The Morgan fingerprint density at radius 1 is 1.21 bits per heavy atom. The first-order chi connectivity index (χ1) is 11.3. The van der Waals surface area contributed by atoms with Gasteiger partial charge in [-0.1, -0.05) is 46.9 Å². The minimum atomic E-state index is -0.552. The molecule has 0 aliphatic heterocycles. The molecule has 1 N–H and O–H groups in total. The summed E-state index contributed by atoms with van der Waals surface area (Å²) in [5.41, 5.74) is 0.118. The van der Waals surface area contributed by atoms with E-state index in [0.29, 0.717) is 9.92 Å². The number of nitrogens with zero attached hydrogens (tertiary/aromatic N) is 2. The molecular weight excluding hydrogens is 397 g/mol. The van der Waals surface area contributed by atoms with E-state index < -0.39 is 11.0 Å². The number of hydrogen-bond donors (Lipinski definition) is 1. The molecular formula is C14H10Cl3N3O3S. The van der Waals surface area contributed by atoms with Gasteiger partial charge >= 0.3 is 6.03 Å². The van der Waals surface area contributed by atoms with Crippen molar-refractivity contribution < 1.29 is 9.72 Å². The molecule has 0 unspecified atom stereocenters. The van der Waals surface area contributed by atoms with Crippen LogP contribution in [0.1, 0.15) is 0 Å². The van der Waals surface area contributed by atoms with E-state index in [1.165, 1.54) is 29.6 Å². The summed E-state index contributed by atoms with van der Waals surface area (Å²) < 4.78 is 1.20. The first kappa shape index (κ1) is 18.7. The van der Waals surface area contributed by atoms with Gasteiger partial charge in [0.1, 0.15) is 4.90 Å². The summed E-state index contributed by atoms with van der Waals surface area (Å²) in [5, 5.41) is 14.3. The lowest BCUT2D eigenvalue weighted by Gasteiger charge is -2.18. The molecule has 2 aromatic rings. The summed E-state index contributed by atoms with van der Waals surface area (Å²) >= 11 is 18.7. The Kier molecular flexibility index (Phi) is 6.17. The number of benzene rings is 2. The van der Waals surface area contributed by atoms with Gasteiger partial charge in [-0.25, -0.2) is 4.79 Å². The summed E-state index contributed by atoms with van der Waals surface area (Å²) in [7, 11) is 1.47. The Balaban J connectivity index is 2.16. The maximum absolute atomic E-state index is 12.3. The van der Waals surface area contributed by atoms with E-state index in [1.54, 1.807) is 18.2 Å². The van der Waals surface area contributed by atoms with Gasteiger partial charge in [-0.3, -0.25) is 14.4 Å². The topological polar surface area (TPSA) is 75.5 Å². The Morgan fingerprint density at radius 2 is 1.79 bits per heavy atom. The second-order valence-corrected chi connectivity index (χ2v) is 6.91. The summed E-state index contributed by atoms with van der Waals surface area (Å²) in [6, 6.07) is 8.45. The predicted octanol–water partition coefficient (Wildman–Crippen LogP) is 5.73. The van der Waals surface area contributed by atoms with Gasteiger partial charge < -0.3 is 5.32 Å². The van der Waals surface area contributed by atoms with Gasteiger partial charge in [-0.2, -0.15) is 0 Å². The first-order valence-corrected chi connectivity index (χ1v) is 8.31. The fourth-order valence-corrected chi connectivity index (χ4v) is 3.43. The van der Waals surface area contributed by atoms with Crippen molar-refractivity contribution in [3.8, 4) is 0 Å². The number of para-hydroxylation sites is 1. The van der Waals surface area contributed by atoms with Gasteiger partial charge in [0.05, 0.1) is 20.7 Å². The van der Waals surface area contributed by atoms with Crippen molar-refractivity contribution >= 4 is 64.2 Å². The van der Waals surface area contributed by atoms with Crippen molar-refractivity contribution in [2.45, 2.75) is 4.90 Å². The fraction of sp³-hybridized carbons (Fsp3) is 0.0714. The monoisotopic (exact) mass is 405 g/mol. The second-order valence-electron chi connectivity index (χ2n) is 4.49. The minimum absolute atomic E-state index is 0.0929. The molecule has 0 aromatic heterocycles. The average Bonchev–Trinajstić information content (AvgIpc) is 2.50. The van der Waals surface area contributed by atoms with Crippen LogP contribution < -0.4 is 5.32 Å². The summed E-state index contributed by atoms with van der Waals surface area (Å²) in [6.45, 7) is 0. The number of nitro benzene ring substituents is 1. The van der Waals surface area contributed by atoms with Crippen LogP contribution in [0.25, 0.3) is 0 Å². The first-order valence-electron chi connectivity index (χ1n) is 6.40. The Hall–Kier alpha value is -1.67. The highest BCUT2D eigenvalue weighted by Gasteiger charge is 2.19. The number of urea groups is 1. The summed E-state index contributed by atoms with van der Waals surface area (Å²) in [5.74, 6) is 0. The average molecular weight is 407 g/mol. The molecule has 126 valence electrons. The molecule has 0 saturated carbocycles. The number of rotatable bonds is 4. The normalized spacial score (nSPS) is 10.3. The molecule has 0 bridgehead atoms. The van der Waals surface area contributed by atoms with Crippen molar-refractivity contribution in [1.29, 1.82) is 0 Å². The number of anilines is 1. The zero-order valence-corrected chi connectivity index (χ0v) is 15.2. The van der Waals surface area contributed by atoms with Crippen molar-refractivity contribution in [3.63, 3.8) is 0 Å². The molecule has 0 aliphatic carbocycles. The van der Waals surface area contributed by atoms with Crippen LogP contribution >= 0.6 is 46.8 Å². The molecule has 0 atom stereocenters.